The average Bonchev–Trinajstić information content (AvgIpc) is 2.81. The van der Waals surface area contributed by atoms with E-state index in [9.17, 15) is 0 Å². The van der Waals surface area contributed by atoms with E-state index in [4.69, 9.17) is 0 Å². The Hall–Kier alpha value is -1.77. The first-order valence-corrected chi connectivity index (χ1v) is 13.0. The molecular weight excluding hydrogens is 378 g/mol. The molecule has 0 aromatic carbocycles. The number of hydrogen-bond acceptors (Lipinski definition) is 3. The van der Waals surface area contributed by atoms with Crippen LogP contribution in [0, 0.1) is 5.92 Å². The summed E-state index contributed by atoms with van der Waals surface area (Å²) in [4.78, 5) is 13.8. The fourth-order valence-electron chi connectivity index (χ4n) is 3.98. The summed E-state index contributed by atoms with van der Waals surface area (Å²) < 4.78 is 0. The zero-order valence-corrected chi connectivity index (χ0v) is 20.4. The molecule has 3 nitrogen and oxygen atoms in total. The Labute approximate surface area is 191 Å². The van der Waals surface area contributed by atoms with Gasteiger partial charge in [-0.1, -0.05) is 91.4 Å². The van der Waals surface area contributed by atoms with Gasteiger partial charge in [-0.15, -0.1) is 0 Å². The van der Waals surface area contributed by atoms with E-state index in [-0.39, 0.29) is 0 Å². The number of pyridine rings is 1. The summed E-state index contributed by atoms with van der Waals surface area (Å²) in [6.45, 7) is 6.92. The van der Waals surface area contributed by atoms with Gasteiger partial charge in [0.2, 0.25) is 0 Å². The standard InChI is InChI=1S/C28H45N3/c1-4-6-7-8-9-10-15-18-27-20-19-26(23-29-27)28-30-21-25(22-31-28)17-14-12-11-13-16-24(3)5-2/h19-24H,4-18H2,1-3H3. The number of unbranched alkanes of at least 4 members (excludes halogenated alkanes) is 9. The van der Waals surface area contributed by atoms with Crippen molar-refractivity contribution < 1.29 is 0 Å². The van der Waals surface area contributed by atoms with Gasteiger partial charge in [-0.2, -0.15) is 0 Å². The van der Waals surface area contributed by atoms with Gasteiger partial charge in [0.1, 0.15) is 0 Å². The molecule has 1 atom stereocenters. The number of aromatic nitrogens is 3. The minimum Gasteiger partial charge on any atom is -0.261 e. The molecule has 0 aliphatic carbocycles. The van der Waals surface area contributed by atoms with E-state index in [1.54, 1.807) is 0 Å². The normalized spacial score (nSPS) is 12.2. The minimum absolute atomic E-state index is 0.785. The molecule has 0 saturated heterocycles. The maximum absolute atomic E-state index is 4.64. The van der Waals surface area contributed by atoms with Gasteiger partial charge < -0.3 is 0 Å². The molecule has 0 aliphatic heterocycles. The van der Waals surface area contributed by atoms with Crippen molar-refractivity contribution in [3.8, 4) is 11.4 Å². The van der Waals surface area contributed by atoms with Crippen LogP contribution in [0.5, 0.6) is 0 Å². The van der Waals surface area contributed by atoms with Gasteiger partial charge in [-0.25, -0.2) is 9.97 Å². The molecule has 2 heterocycles. The summed E-state index contributed by atoms with van der Waals surface area (Å²) in [7, 11) is 0. The third kappa shape index (κ3) is 10.9. The van der Waals surface area contributed by atoms with Crippen molar-refractivity contribution in [1.82, 2.24) is 15.0 Å². The van der Waals surface area contributed by atoms with E-state index >= 15 is 0 Å². The molecule has 1 unspecified atom stereocenters. The molecule has 0 aliphatic rings. The van der Waals surface area contributed by atoms with Gasteiger partial charge in [-0.3, -0.25) is 4.98 Å². The number of aryl methyl sites for hydroxylation is 2. The topological polar surface area (TPSA) is 38.7 Å². The van der Waals surface area contributed by atoms with E-state index < -0.39 is 0 Å². The lowest BCUT2D eigenvalue weighted by Gasteiger charge is -2.07. The maximum atomic E-state index is 4.64. The molecule has 0 radical (unpaired) electrons. The van der Waals surface area contributed by atoms with Gasteiger partial charge in [0, 0.05) is 29.8 Å². The fraction of sp³-hybridized carbons (Fsp3) is 0.679. The van der Waals surface area contributed by atoms with Crippen molar-refractivity contribution in [2.45, 2.75) is 117 Å². The lowest BCUT2D eigenvalue weighted by atomic mass is 10.00. The molecule has 172 valence electrons. The molecule has 2 rings (SSSR count). The minimum atomic E-state index is 0.785. The molecule has 0 amide bonds. The lowest BCUT2D eigenvalue weighted by molar-refractivity contribution is 0.474. The van der Waals surface area contributed by atoms with Crippen LogP contribution >= 0.6 is 0 Å². The largest absolute Gasteiger partial charge is 0.261 e. The van der Waals surface area contributed by atoms with E-state index in [1.165, 1.54) is 94.7 Å². The van der Waals surface area contributed by atoms with Crippen LogP contribution in [0.15, 0.2) is 30.7 Å². The maximum Gasteiger partial charge on any atom is 0.160 e. The summed E-state index contributed by atoms with van der Waals surface area (Å²) in [6.07, 6.45) is 25.4. The monoisotopic (exact) mass is 423 g/mol. The van der Waals surface area contributed by atoms with E-state index in [1.807, 2.05) is 18.6 Å². The van der Waals surface area contributed by atoms with Crippen molar-refractivity contribution in [3.63, 3.8) is 0 Å². The summed E-state index contributed by atoms with van der Waals surface area (Å²) in [5, 5.41) is 0. The van der Waals surface area contributed by atoms with Crippen molar-refractivity contribution in [3.05, 3.63) is 42.0 Å². The van der Waals surface area contributed by atoms with Crippen LogP contribution in [-0.2, 0) is 12.8 Å². The zero-order valence-electron chi connectivity index (χ0n) is 20.4. The Balaban J connectivity index is 1.65. The van der Waals surface area contributed by atoms with Crippen LogP contribution in [0.3, 0.4) is 0 Å². The number of hydrogen-bond donors (Lipinski definition) is 0. The van der Waals surface area contributed by atoms with Crippen molar-refractivity contribution in [1.29, 1.82) is 0 Å². The summed E-state index contributed by atoms with van der Waals surface area (Å²) >= 11 is 0. The molecule has 0 spiro atoms. The van der Waals surface area contributed by atoms with Gasteiger partial charge in [-0.05, 0) is 49.3 Å². The predicted molar refractivity (Wildman–Crippen MR) is 133 cm³/mol. The smallest absolute Gasteiger partial charge is 0.160 e. The summed E-state index contributed by atoms with van der Waals surface area (Å²) in [5.74, 6) is 1.66. The van der Waals surface area contributed by atoms with Crippen LogP contribution in [0.25, 0.3) is 11.4 Å². The third-order valence-electron chi connectivity index (χ3n) is 6.43. The second-order valence-electron chi connectivity index (χ2n) is 9.29. The second-order valence-corrected chi connectivity index (χ2v) is 9.29. The Morgan fingerprint density at radius 2 is 1.32 bits per heavy atom. The Morgan fingerprint density at radius 1 is 0.677 bits per heavy atom. The molecule has 3 heteroatoms. The predicted octanol–water partition coefficient (Wildman–Crippen LogP) is 8.37. The van der Waals surface area contributed by atoms with Crippen molar-refractivity contribution in [2.75, 3.05) is 0 Å². The van der Waals surface area contributed by atoms with E-state index in [0.717, 1.165) is 30.1 Å². The van der Waals surface area contributed by atoms with Crippen LogP contribution in [-0.4, -0.2) is 15.0 Å². The lowest BCUT2D eigenvalue weighted by Crippen LogP contribution is -1.96. The zero-order chi connectivity index (χ0) is 22.2. The average molecular weight is 424 g/mol. The highest BCUT2D eigenvalue weighted by Crippen LogP contribution is 2.17. The van der Waals surface area contributed by atoms with Crippen molar-refractivity contribution >= 4 is 0 Å². The molecule has 2 aromatic heterocycles. The van der Waals surface area contributed by atoms with Gasteiger partial charge in [0.25, 0.3) is 0 Å². The molecule has 0 N–H and O–H groups in total. The van der Waals surface area contributed by atoms with Crippen LogP contribution < -0.4 is 0 Å². The van der Waals surface area contributed by atoms with Crippen LogP contribution in [0.2, 0.25) is 0 Å². The summed E-state index contributed by atoms with van der Waals surface area (Å²) in [5.41, 5.74) is 3.44. The highest BCUT2D eigenvalue weighted by atomic mass is 14.9. The molecule has 2 aromatic rings. The SMILES string of the molecule is CCCCCCCCCc1ccc(-c2ncc(CCCCCCC(C)CC)cn2)cn1. The first-order valence-electron chi connectivity index (χ1n) is 13.0. The van der Waals surface area contributed by atoms with Gasteiger partial charge >= 0.3 is 0 Å². The molecule has 31 heavy (non-hydrogen) atoms. The highest BCUT2D eigenvalue weighted by molar-refractivity contribution is 5.53. The third-order valence-corrected chi connectivity index (χ3v) is 6.43. The van der Waals surface area contributed by atoms with Crippen LogP contribution in [0.1, 0.15) is 115 Å². The second kappa shape index (κ2) is 15.9. The Kier molecular flexibility index (Phi) is 13.1. The first-order chi connectivity index (χ1) is 15.2. The first kappa shape index (κ1) is 25.5. The molecule has 0 saturated carbocycles. The van der Waals surface area contributed by atoms with E-state index in [2.05, 4.69) is 47.9 Å². The van der Waals surface area contributed by atoms with E-state index in [0.29, 0.717) is 0 Å². The Morgan fingerprint density at radius 3 is 1.97 bits per heavy atom. The molecule has 0 fully saturated rings. The fourth-order valence-corrected chi connectivity index (χ4v) is 3.98. The summed E-state index contributed by atoms with van der Waals surface area (Å²) in [6, 6.07) is 4.26. The molecular formula is C28H45N3. The van der Waals surface area contributed by atoms with Crippen molar-refractivity contribution in [2.24, 2.45) is 5.92 Å². The number of rotatable bonds is 17. The Bertz CT molecular complexity index is 678. The molecule has 0 bridgehead atoms. The van der Waals surface area contributed by atoms with Gasteiger partial charge in [0.05, 0.1) is 0 Å². The van der Waals surface area contributed by atoms with Crippen LogP contribution in [0.4, 0.5) is 0 Å². The quantitative estimate of drug-likeness (QED) is 0.240. The van der Waals surface area contributed by atoms with Gasteiger partial charge in [0.15, 0.2) is 5.82 Å². The number of nitrogens with zero attached hydrogens (tertiary/aromatic N) is 3. The highest BCUT2D eigenvalue weighted by Gasteiger charge is 2.04.